The number of hydrogen-bond acceptors (Lipinski definition) is 10. The monoisotopic (exact) mass is 806 g/mol. The zero-order valence-corrected chi connectivity index (χ0v) is 33.5. The number of piperidine rings is 2. The van der Waals surface area contributed by atoms with E-state index in [4.69, 9.17) is 30.0 Å². The van der Waals surface area contributed by atoms with Gasteiger partial charge in [-0.3, -0.25) is 9.59 Å². The van der Waals surface area contributed by atoms with Crippen molar-refractivity contribution in [1.82, 2.24) is 19.8 Å². The topological polar surface area (TPSA) is 132 Å². The highest BCUT2D eigenvalue weighted by molar-refractivity contribution is 7.10. The van der Waals surface area contributed by atoms with Gasteiger partial charge in [-0.1, -0.05) is 60.7 Å². The third kappa shape index (κ3) is 10.1. The molecular formula is C46H42N6O4S2. The second kappa shape index (κ2) is 19.7. The van der Waals surface area contributed by atoms with Crippen LogP contribution in [0.3, 0.4) is 0 Å². The van der Waals surface area contributed by atoms with E-state index in [1.165, 1.54) is 0 Å². The molecule has 0 aliphatic carbocycles. The molecule has 4 aromatic carbocycles. The summed E-state index contributed by atoms with van der Waals surface area (Å²) >= 11 is 3.14. The molecule has 2 amide bonds. The van der Waals surface area contributed by atoms with Crippen LogP contribution in [-0.4, -0.2) is 57.9 Å². The first-order valence-electron chi connectivity index (χ1n) is 19.4. The van der Waals surface area contributed by atoms with Crippen LogP contribution in [0.4, 0.5) is 0 Å². The summed E-state index contributed by atoms with van der Waals surface area (Å²) in [7, 11) is 0. The fourth-order valence-corrected chi connectivity index (χ4v) is 9.05. The first-order chi connectivity index (χ1) is 28.5. The maximum absolute atomic E-state index is 12.9. The van der Waals surface area contributed by atoms with Crippen LogP contribution in [0.1, 0.15) is 71.8 Å². The first kappa shape index (κ1) is 39.9. The zero-order chi connectivity index (χ0) is 40.1. The van der Waals surface area contributed by atoms with Gasteiger partial charge in [0.05, 0.1) is 46.7 Å². The summed E-state index contributed by atoms with van der Waals surface area (Å²) in [5, 5.41) is 24.1. The normalized spacial score (nSPS) is 16.2. The van der Waals surface area contributed by atoms with Crippen LogP contribution < -0.4 is 9.47 Å². The number of rotatable bonds is 10. The Morgan fingerprint density at radius 3 is 1.45 bits per heavy atom. The van der Waals surface area contributed by atoms with Gasteiger partial charge < -0.3 is 19.3 Å². The SMILES string of the molecule is N#Cc1cccc(-c2csc([C@H]3CCCCN3C(=O)COc3ccccc3)n2)c1.N#Cc1cccc(-c2csc([C@H]3CCCCN3C(=O)COc3ccccc3)n2)c1. The second-order valence-corrected chi connectivity index (χ2v) is 15.7. The quantitative estimate of drug-likeness (QED) is 0.134. The Labute approximate surface area is 346 Å². The van der Waals surface area contributed by atoms with E-state index in [-0.39, 0.29) is 37.1 Å². The number of likely N-dealkylation sites (tertiary alicyclic amines) is 2. The van der Waals surface area contributed by atoms with Crippen molar-refractivity contribution in [3.63, 3.8) is 0 Å². The lowest BCUT2D eigenvalue weighted by Crippen LogP contribution is -2.41. The number of carbonyl (C=O) groups is 2. The summed E-state index contributed by atoms with van der Waals surface area (Å²) in [4.78, 5) is 39.1. The Bertz CT molecular complexity index is 2220. The van der Waals surface area contributed by atoms with Crippen molar-refractivity contribution in [2.24, 2.45) is 0 Å². The van der Waals surface area contributed by atoms with Crippen molar-refractivity contribution >= 4 is 34.5 Å². The van der Waals surface area contributed by atoms with Crippen LogP contribution >= 0.6 is 22.7 Å². The molecule has 0 radical (unpaired) electrons. The molecule has 2 aliphatic rings. The van der Waals surface area contributed by atoms with Gasteiger partial charge in [-0.05, 0) is 87.1 Å². The number of benzene rings is 4. The Hall–Kier alpha value is -6.34. The Morgan fingerprint density at radius 2 is 1.03 bits per heavy atom. The molecule has 4 heterocycles. The van der Waals surface area contributed by atoms with Crippen molar-refractivity contribution in [1.29, 1.82) is 10.5 Å². The summed E-state index contributed by atoms with van der Waals surface area (Å²) in [5.41, 5.74) is 4.77. The standard InChI is InChI=1S/2C23H21N3O2S/c2*24-14-17-7-6-8-18(13-17)20-16-29-23(25-20)21-11-4-5-12-26(21)22(27)15-28-19-9-2-1-3-10-19/h2*1-3,6-10,13,16,21H,4-5,11-12,15H2/t2*21-/m11/s1. The zero-order valence-electron chi connectivity index (χ0n) is 31.9. The third-order valence-corrected chi connectivity index (χ3v) is 11.9. The van der Waals surface area contributed by atoms with Crippen LogP contribution in [0.2, 0.25) is 0 Å². The molecule has 0 N–H and O–H groups in total. The number of thiazole rings is 2. The number of aromatic nitrogens is 2. The van der Waals surface area contributed by atoms with Gasteiger partial charge in [-0.15, -0.1) is 22.7 Å². The minimum atomic E-state index is -0.0199. The highest BCUT2D eigenvalue weighted by atomic mass is 32.1. The lowest BCUT2D eigenvalue weighted by Gasteiger charge is -2.34. The number of hydrogen-bond donors (Lipinski definition) is 0. The third-order valence-electron chi connectivity index (χ3n) is 10.0. The Morgan fingerprint density at radius 1 is 0.603 bits per heavy atom. The fourth-order valence-electron chi connectivity index (χ4n) is 7.11. The molecule has 12 heteroatoms. The van der Waals surface area contributed by atoms with E-state index >= 15 is 0 Å². The second-order valence-electron chi connectivity index (χ2n) is 13.9. The highest BCUT2D eigenvalue weighted by Crippen LogP contribution is 2.36. The number of para-hydroxylation sites is 2. The molecule has 10 nitrogen and oxygen atoms in total. The number of ether oxygens (including phenoxy) is 2. The Kier molecular flexibility index (Phi) is 13.5. The van der Waals surface area contributed by atoms with E-state index in [1.807, 2.05) is 118 Å². The van der Waals surface area contributed by atoms with E-state index < -0.39 is 0 Å². The molecule has 0 saturated carbocycles. The van der Waals surface area contributed by atoms with Crippen molar-refractivity contribution in [3.05, 3.63) is 141 Å². The average Bonchev–Trinajstić information content (AvgIpc) is 4.00. The molecular weight excluding hydrogens is 765 g/mol. The molecule has 8 rings (SSSR count). The summed E-state index contributed by atoms with van der Waals surface area (Å²) in [6.07, 6.45) is 5.95. The van der Waals surface area contributed by atoms with Gasteiger partial charge in [0.2, 0.25) is 0 Å². The van der Waals surface area contributed by atoms with E-state index in [9.17, 15) is 9.59 Å². The lowest BCUT2D eigenvalue weighted by molar-refractivity contribution is -0.138. The fraction of sp³-hybridized carbons (Fsp3) is 0.261. The summed E-state index contributed by atoms with van der Waals surface area (Å²) in [6, 6.07) is 38.0. The average molecular weight is 807 g/mol. The van der Waals surface area contributed by atoms with Crippen molar-refractivity contribution in [2.75, 3.05) is 26.3 Å². The Balaban J connectivity index is 0.000000177. The van der Waals surface area contributed by atoms with Crippen molar-refractivity contribution in [2.45, 2.75) is 50.6 Å². The van der Waals surface area contributed by atoms with Crippen LogP contribution in [0.15, 0.2) is 120 Å². The van der Waals surface area contributed by atoms with E-state index in [0.717, 1.165) is 84.1 Å². The molecule has 2 aliphatic heterocycles. The molecule has 0 spiro atoms. The van der Waals surface area contributed by atoms with E-state index in [0.29, 0.717) is 22.6 Å². The predicted octanol–water partition coefficient (Wildman–Crippen LogP) is 9.63. The van der Waals surface area contributed by atoms with Gasteiger partial charge in [-0.25, -0.2) is 9.97 Å². The first-order valence-corrected chi connectivity index (χ1v) is 21.1. The summed E-state index contributed by atoms with van der Waals surface area (Å²) in [5.74, 6) is 1.37. The van der Waals surface area contributed by atoms with Gasteiger partial charge in [-0.2, -0.15) is 10.5 Å². The number of nitriles is 2. The number of amides is 2. The van der Waals surface area contributed by atoms with Crippen LogP contribution in [0.5, 0.6) is 11.5 Å². The molecule has 2 fully saturated rings. The van der Waals surface area contributed by atoms with Gasteiger partial charge >= 0.3 is 0 Å². The smallest absolute Gasteiger partial charge is 0.261 e. The van der Waals surface area contributed by atoms with Gasteiger partial charge in [0, 0.05) is 35.0 Å². The van der Waals surface area contributed by atoms with Crippen LogP contribution in [0, 0.1) is 22.7 Å². The van der Waals surface area contributed by atoms with Gasteiger partial charge in [0.25, 0.3) is 11.8 Å². The van der Waals surface area contributed by atoms with Crippen LogP contribution in [-0.2, 0) is 9.59 Å². The van der Waals surface area contributed by atoms with Crippen molar-refractivity contribution in [3.8, 4) is 46.2 Å². The molecule has 2 saturated heterocycles. The molecule has 292 valence electrons. The molecule has 0 unspecified atom stereocenters. The van der Waals surface area contributed by atoms with Gasteiger partial charge in [0.15, 0.2) is 13.2 Å². The minimum Gasteiger partial charge on any atom is -0.484 e. The maximum Gasteiger partial charge on any atom is 0.261 e. The lowest BCUT2D eigenvalue weighted by atomic mass is 10.0. The summed E-state index contributed by atoms with van der Waals surface area (Å²) in [6.45, 7) is 1.51. The van der Waals surface area contributed by atoms with Crippen LogP contribution in [0.25, 0.3) is 22.5 Å². The molecule has 2 atom stereocenters. The molecule has 0 bridgehead atoms. The predicted molar refractivity (Wildman–Crippen MR) is 225 cm³/mol. The summed E-state index contributed by atoms with van der Waals surface area (Å²) < 4.78 is 11.3. The molecule has 6 aromatic rings. The highest BCUT2D eigenvalue weighted by Gasteiger charge is 2.32. The van der Waals surface area contributed by atoms with Crippen molar-refractivity contribution < 1.29 is 19.1 Å². The number of nitrogens with zero attached hydrogens (tertiary/aromatic N) is 6. The van der Waals surface area contributed by atoms with Gasteiger partial charge in [0.1, 0.15) is 21.5 Å². The molecule has 58 heavy (non-hydrogen) atoms. The number of carbonyl (C=O) groups excluding carboxylic acids is 2. The largest absolute Gasteiger partial charge is 0.484 e. The van der Waals surface area contributed by atoms with E-state index in [2.05, 4.69) is 12.1 Å². The van der Waals surface area contributed by atoms with E-state index in [1.54, 1.807) is 34.8 Å². The minimum absolute atomic E-state index is 0.0122. The maximum atomic E-state index is 12.9. The molecule has 2 aromatic heterocycles.